The van der Waals surface area contributed by atoms with E-state index in [-0.39, 0.29) is 30.0 Å². The molecule has 1 atom stereocenters. The number of nitrogens with zero attached hydrogens (tertiary/aromatic N) is 1. The van der Waals surface area contributed by atoms with Gasteiger partial charge in [-0.05, 0) is 54.1 Å². The Balaban J connectivity index is 1.77. The Kier molecular flexibility index (Phi) is 7.40. The molecule has 0 unspecified atom stereocenters. The number of hydrogen-bond donors (Lipinski definition) is 1. The van der Waals surface area contributed by atoms with Gasteiger partial charge in [0, 0.05) is 10.9 Å². The van der Waals surface area contributed by atoms with E-state index in [0.717, 1.165) is 30.6 Å². The lowest BCUT2D eigenvalue weighted by Crippen LogP contribution is -2.47. The minimum Gasteiger partial charge on any atom is -0.497 e. The summed E-state index contributed by atoms with van der Waals surface area (Å²) in [6.45, 7) is 0. The number of halogens is 1. The third-order valence-corrected chi connectivity index (χ3v) is 6.80. The molecule has 2 amide bonds. The molecule has 3 aromatic rings. The van der Waals surface area contributed by atoms with E-state index < -0.39 is 11.9 Å². The lowest BCUT2D eigenvalue weighted by molar-refractivity contribution is -0.127. The van der Waals surface area contributed by atoms with E-state index in [2.05, 4.69) is 5.32 Å². The third kappa shape index (κ3) is 5.42. The average Bonchev–Trinajstić information content (AvgIpc) is 3.52. The van der Waals surface area contributed by atoms with Crippen LogP contribution in [0.25, 0.3) is 0 Å². The molecule has 5 nitrogen and oxygen atoms in total. The van der Waals surface area contributed by atoms with Gasteiger partial charge < -0.3 is 10.1 Å². The maximum atomic E-state index is 15.0. The van der Waals surface area contributed by atoms with E-state index >= 15 is 0 Å². The van der Waals surface area contributed by atoms with Crippen LogP contribution in [-0.2, 0) is 16.0 Å². The molecule has 1 fully saturated rings. The molecule has 1 aliphatic carbocycles. The second-order valence-electron chi connectivity index (χ2n) is 8.14. The van der Waals surface area contributed by atoms with Crippen LogP contribution < -0.4 is 15.0 Å². The minimum absolute atomic E-state index is 0.0631. The molecule has 1 N–H and O–H groups in total. The molecule has 172 valence electrons. The molecule has 7 heteroatoms. The van der Waals surface area contributed by atoms with E-state index in [9.17, 15) is 14.0 Å². The Labute approximate surface area is 197 Å². The average molecular weight is 467 g/mol. The molecule has 4 rings (SSSR count). The van der Waals surface area contributed by atoms with Crippen molar-refractivity contribution >= 4 is 28.8 Å². The Morgan fingerprint density at radius 2 is 1.82 bits per heavy atom. The number of benzene rings is 2. The maximum absolute atomic E-state index is 15.0. The fraction of sp³-hybridized carbons (Fsp3) is 0.308. The molecule has 0 saturated heterocycles. The summed E-state index contributed by atoms with van der Waals surface area (Å²) in [7, 11) is 1.56. The fourth-order valence-corrected chi connectivity index (χ4v) is 4.96. The minimum atomic E-state index is -1.01. The van der Waals surface area contributed by atoms with Gasteiger partial charge in [0.2, 0.25) is 11.8 Å². The molecule has 2 aromatic carbocycles. The van der Waals surface area contributed by atoms with E-state index in [1.54, 1.807) is 49.6 Å². The summed E-state index contributed by atoms with van der Waals surface area (Å²) < 4.78 is 20.3. The van der Waals surface area contributed by atoms with E-state index in [0.29, 0.717) is 11.3 Å². The van der Waals surface area contributed by atoms with Gasteiger partial charge in [0.15, 0.2) is 0 Å². The van der Waals surface area contributed by atoms with Crippen LogP contribution in [-0.4, -0.2) is 25.0 Å². The van der Waals surface area contributed by atoms with Crippen molar-refractivity contribution in [3.05, 3.63) is 82.3 Å². The quantitative estimate of drug-likeness (QED) is 0.492. The normalized spacial score (nSPS) is 14.6. The zero-order valence-corrected chi connectivity index (χ0v) is 19.3. The predicted molar refractivity (Wildman–Crippen MR) is 128 cm³/mol. The van der Waals surface area contributed by atoms with Crippen molar-refractivity contribution in [2.45, 2.75) is 44.2 Å². The third-order valence-electron chi connectivity index (χ3n) is 5.93. The van der Waals surface area contributed by atoms with Gasteiger partial charge in [-0.1, -0.05) is 43.2 Å². The number of carbonyl (C=O) groups is 2. The number of methoxy groups -OCH3 is 1. The monoisotopic (exact) mass is 466 g/mol. The van der Waals surface area contributed by atoms with Gasteiger partial charge in [0.1, 0.15) is 17.6 Å². The smallest absolute Gasteiger partial charge is 0.248 e. The van der Waals surface area contributed by atoms with Crippen molar-refractivity contribution in [2.75, 3.05) is 12.0 Å². The molecule has 0 radical (unpaired) electrons. The molecule has 1 heterocycles. The van der Waals surface area contributed by atoms with Crippen LogP contribution in [0.15, 0.2) is 66.0 Å². The first-order valence-electron chi connectivity index (χ1n) is 11.1. The van der Waals surface area contributed by atoms with Gasteiger partial charge in [-0.3, -0.25) is 14.5 Å². The lowest BCUT2D eigenvalue weighted by atomic mass is 10.0. The summed E-state index contributed by atoms with van der Waals surface area (Å²) in [5.74, 6) is -0.569. The van der Waals surface area contributed by atoms with Crippen LogP contribution in [0.4, 0.5) is 10.1 Å². The Bertz CT molecular complexity index is 1080. The zero-order valence-electron chi connectivity index (χ0n) is 18.5. The van der Waals surface area contributed by atoms with Crippen LogP contribution in [0.1, 0.15) is 42.2 Å². The Morgan fingerprint density at radius 3 is 2.45 bits per heavy atom. The highest BCUT2D eigenvalue weighted by Crippen LogP contribution is 2.32. The molecule has 1 aromatic heterocycles. The summed E-state index contributed by atoms with van der Waals surface area (Å²) in [5.41, 5.74) is 0.676. The number of amides is 2. The van der Waals surface area contributed by atoms with Crippen LogP contribution in [0.2, 0.25) is 0 Å². The summed E-state index contributed by atoms with van der Waals surface area (Å²) in [6, 6.07) is 15.9. The second kappa shape index (κ2) is 10.6. The largest absolute Gasteiger partial charge is 0.497 e. The van der Waals surface area contributed by atoms with Gasteiger partial charge in [-0.15, -0.1) is 11.3 Å². The summed E-state index contributed by atoms with van der Waals surface area (Å²) in [5, 5.41) is 5.00. The zero-order chi connectivity index (χ0) is 23.2. The van der Waals surface area contributed by atoms with E-state index in [1.807, 2.05) is 17.5 Å². The number of rotatable bonds is 8. The maximum Gasteiger partial charge on any atom is 0.248 e. The molecule has 0 aliphatic heterocycles. The molecular weight excluding hydrogens is 439 g/mol. The van der Waals surface area contributed by atoms with Crippen LogP contribution in [0.3, 0.4) is 0 Å². The van der Waals surface area contributed by atoms with E-state index in [4.69, 9.17) is 4.74 Å². The van der Waals surface area contributed by atoms with Gasteiger partial charge in [-0.2, -0.15) is 0 Å². The molecule has 0 bridgehead atoms. The van der Waals surface area contributed by atoms with Crippen LogP contribution >= 0.6 is 11.3 Å². The van der Waals surface area contributed by atoms with Crippen molar-refractivity contribution in [1.29, 1.82) is 0 Å². The standard InChI is InChI=1S/C26H27FN2O3S/c1-32-20-14-12-18(13-15-20)25(26(31)28-19-7-2-3-8-19)29(23-11-5-4-10-22(23)27)24(30)17-21-9-6-16-33-21/h4-6,9-16,19,25H,2-3,7-8,17H2,1H3,(H,28,31)/t25-/m0/s1. The van der Waals surface area contributed by atoms with Gasteiger partial charge in [-0.25, -0.2) is 4.39 Å². The van der Waals surface area contributed by atoms with Crippen LogP contribution in [0, 0.1) is 5.82 Å². The highest BCUT2D eigenvalue weighted by atomic mass is 32.1. The Morgan fingerprint density at radius 1 is 1.09 bits per heavy atom. The first-order valence-corrected chi connectivity index (χ1v) is 12.0. The van der Waals surface area contributed by atoms with Gasteiger partial charge >= 0.3 is 0 Å². The molecule has 1 aliphatic rings. The van der Waals surface area contributed by atoms with Crippen molar-refractivity contribution < 1.29 is 18.7 Å². The van der Waals surface area contributed by atoms with Crippen molar-refractivity contribution in [2.24, 2.45) is 0 Å². The lowest BCUT2D eigenvalue weighted by Gasteiger charge is -2.32. The summed E-state index contributed by atoms with van der Waals surface area (Å²) in [4.78, 5) is 29.4. The number of thiophene rings is 1. The summed E-state index contributed by atoms with van der Waals surface area (Å²) >= 11 is 1.46. The molecule has 0 spiro atoms. The van der Waals surface area contributed by atoms with Gasteiger partial charge in [0.25, 0.3) is 0 Å². The van der Waals surface area contributed by atoms with Crippen molar-refractivity contribution in [3.8, 4) is 5.75 Å². The fourth-order valence-electron chi connectivity index (χ4n) is 4.27. The summed E-state index contributed by atoms with van der Waals surface area (Å²) in [6.07, 6.45) is 4.02. The first-order chi connectivity index (χ1) is 16.1. The van der Waals surface area contributed by atoms with Crippen LogP contribution in [0.5, 0.6) is 5.75 Å². The second-order valence-corrected chi connectivity index (χ2v) is 9.17. The van der Waals surface area contributed by atoms with Crippen molar-refractivity contribution in [1.82, 2.24) is 5.32 Å². The Hall–Kier alpha value is -3.19. The first kappa shape index (κ1) is 23.0. The highest BCUT2D eigenvalue weighted by Gasteiger charge is 2.35. The number of hydrogen-bond acceptors (Lipinski definition) is 4. The molecule has 33 heavy (non-hydrogen) atoms. The SMILES string of the molecule is COc1ccc([C@@H](C(=O)NC2CCCC2)N(C(=O)Cc2cccs2)c2ccccc2F)cc1. The van der Waals surface area contributed by atoms with E-state index in [1.165, 1.54) is 22.3 Å². The number of anilines is 1. The predicted octanol–water partition coefficient (Wildman–Crippen LogP) is 5.27. The number of para-hydroxylation sites is 1. The number of ether oxygens (including phenoxy) is 1. The molecule has 1 saturated carbocycles. The molecular formula is C26H27FN2O3S. The topological polar surface area (TPSA) is 58.6 Å². The highest BCUT2D eigenvalue weighted by molar-refractivity contribution is 7.10. The van der Waals surface area contributed by atoms with Gasteiger partial charge in [0.05, 0.1) is 19.2 Å². The van der Waals surface area contributed by atoms with Crippen molar-refractivity contribution in [3.63, 3.8) is 0 Å². The number of carbonyl (C=O) groups excluding carboxylic acids is 2. The number of nitrogens with one attached hydrogen (secondary N) is 1.